The molecule has 0 aromatic rings. The van der Waals surface area contributed by atoms with Crippen molar-refractivity contribution in [2.45, 2.75) is 12.5 Å². The van der Waals surface area contributed by atoms with Crippen LogP contribution in [0.15, 0.2) is 0 Å². The molecule has 0 fully saturated rings. The van der Waals surface area contributed by atoms with E-state index in [1.54, 1.807) is 0 Å². The third kappa shape index (κ3) is 5.78. The number of nitrogens with two attached hydrogens (primary N) is 1. The topological polar surface area (TPSA) is 95.6 Å². The first-order valence-electron chi connectivity index (χ1n) is 3.30. The highest BCUT2D eigenvalue weighted by Crippen LogP contribution is 1.97. The van der Waals surface area contributed by atoms with Crippen molar-refractivity contribution in [3.8, 4) is 0 Å². The van der Waals surface area contributed by atoms with Gasteiger partial charge >= 0.3 is 0 Å². The van der Waals surface area contributed by atoms with Gasteiger partial charge in [0.2, 0.25) is 5.91 Å². The van der Waals surface area contributed by atoms with Crippen LogP contribution in [-0.4, -0.2) is 41.4 Å². The molecule has 0 rings (SSSR count). The van der Waals surface area contributed by atoms with Crippen LogP contribution < -0.4 is 11.1 Å². The average Bonchev–Trinajstić information content (AvgIpc) is 1.87. The van der Waals surface area contributed by atoms with Crippen LogP contribution in [0.2, 0.25) is 0 Å². The number of aliphatic hydroxyl groups is 2. The number of carbonyl (C=O) groups is 1. The van der Waals surface area contributed by atoms with Crippen molar-refractivity contribution >= 4 is 5.91 Å². The zero-order valence-corrected chi connectivity index (χ0v) is 6.50. The predicted molar refractivity (Wildman–Crippen MR) is 39.8 cm³/mol. The fraction of sp³-hybridized carbons (Fsp3) is 0.833. The molecule has 0 aliphatic rings. The molecule has 1 atom stereocenters. The zero-order valence-electron chi connectivity index (χ0n) is 6.50. The highest BCUT2D eigenvalue weighted by Gasteiger charge is 2.17. The molecule has 0 saturated carbocycles. The van der Waals surface area contributed by atoms with Crippen LogP contribution in [0.4, 0.5) is 0 Å². The lowest BCUT2D eigenvalue weighted by Gasteiger charge is -2.19. The molecule has 1 amide bonds. The lowest BCUT2D eigenvalue weighted by Crippen LogP contribution is -2.43. The minimum Gasteiger partial charge on any atom is -0.393 e. The summed E-state index contributed by atoms with van der Waals surface area (Å²) in [5, 5.41) is 20.3. The van der Waals surface area contributed by atoms with Crippen molar-refractivity contribution in [1.29, 1.82) is 0 Å². The highest BCUT2D eigenvalue weighted by molar-refractivity contribution is 5.75. The van der Waals surface area contributed by atoms with Crippen LogP contribution in [0, 0.1) is 0 Å². The lowest BCUT2D eigenvalue weighted by atomic mass is 10.1. The van der Waals surface area contributed by atoms with Gasteiger partial charge in [0, 0.05) is 6.54 Å². The van der Waals surface area contributed by atoms with Gasteiger partial charge in [-0.3, -0.25) is 4.79 Å². The molecule has 0 aliphatic carbocycles. The van der Waals surface area contributed by atoms with E-state index in [2.05, 4.69) is 5.32 Å². The standard InChI is InChI=1S/C6H14N2O3/c1-6(11,4-9)3-8-2-5(7)10/h8-9,11H,2-4H2,1H3,(H2,7,10). The number of rotatable bonds is 5. The first-order valence-corrected chi connectivity index (χ1v) is 3.30. The second-order valence-corrected chi connectivity index (χ2v) is 2.72. The van der Waals surface area contributed by atoms with Crippen molar-refractivity contribution in [3.63, 3.8) is 0 Å². The molecule has 0 radical (unpaired) electrons. The normalized spacial score (nSPS) is 15.9. The number of hydrogen-bond donors (Lipinski definition) is 4. The molecule has 11 heavy (non-hydrogen) atoms. The maximum atomic E-state index is 10.2. The summed E-state index contributed by atoms with van der Waals surface area (Å²) in [6.07, 6.45) is 0. The molecule has 5 N–H and O–H groups in total. The van der Waals surface area contributed by atoms with Gasteiger partial charge < -0.3 is 21.3 Å². The average molecular weight is 162 g/mol. The van der Waals surface area contributed by atoms with Crippen LogP contribution in [0.5, 0.6) is 0 Å². The molecule has 5 heteroatoms. The predicted octanol–water partition coefficient (Wildman–Crippen LogP) is -2.20. The van der Waals surface area contributed by atoms with Crippen molar-refractivity contribution in [1.82, 2.24) is 5.32 Å². The number of hydrogen-bond acceptors (Lipinski definition) is 4. The van der Waals surface area contributed by atoms with Gasteiger partial charge in [0.1, 0.15) is 0 Å². The molecule has 5 nitrogen and oxygen atoms in total. The van der Waals surface area contributed by atoms with E-state index in [0.717, 1.165) is 0 Å². The summed E-state index contributed by atoms with van der Waals surface area (Å²) >= 11 is 0. The van der Waals surface area contributed by atoms with Crippen LogP contribution in [0.3, 0.4) is 0 Å². The summed E-state index contributed by atoms with van der Waals surface area (Å²) in [5.74, 6) is -0.487. The molecule has 0 spiro atoms. The number of aliphatic hydroxyl groups excluding tert-OH is 1. The van der Waals surface area contributed by atoms with Crippen molar-refractivity contribution in [2.75, 3.05) is 19.7 Å². The summed E-state index contributed by atoms with van der Waals surface area (Å²) < 4.78 is 0. The molecule has 0 bridgehead atoms. The van der Waals surface area contributed by atoms with E-state index in [-0.39, 0.29) is 19.7 Å². The van der Waals surface area contributed by atoms with E-state index in [4.69, 9.17) is 10.8 Å². The smallest absolute Gasteiger partial charge is 0.231 e. The number of amides is 1. The van der Waals surface area contributed by atoms with E-state index in [1.165, 1.54) is 6.92 Å². The minimum atomic E-state index is -1.19. The van der Waals surface area contributed by atoms with Crippen LogP contribution in [0.25, 0.3) is 0 Å². The Morgan fingerprint density at radius 2 is 2.27 bits per heavy atom. The zero-order chi connectivity index (χ0) is 8.91. The van der Waals surface area contributed by atoms with Gasteiger partial charge in [-0.15, -0.1) is 0 Å². The Hall–Kier alpha value is -0.650. The second kappa shape index (κ2) is 4.27. The fourth-order valence-corrected chi connectivity index (χ4v) is 0.511. The number of primary amides is 1. The lowest BCUT2D eigenvalue weighted by molar-refractivity contribution is -0.117. The van der Waals surface area contributed by atoms with Crippen LogP contribution in [0.1, 0.15) is 6.92 Å². The van der Waals surface area contributed by atoms with Crippen molar-refractivity contribution in [3.05, 3.63) is 0 Å². The Balaban J connectivity index is 3.45. The first-order chi connectivity index (χ1) is 4.98. The Kier molecular flexibility index (Phi) is 4.02. The molecule has 1 unspecified atom stereocenters. The second-order valence-electron chi connectivity index (χ2n) is 2.72. The van der Waals surface area contributed by atoms with Gasteiger partial charge in [0.25, 0.3) is 0 Å². The molecule has 0 aliphatic heterocycles. The number of nitrogens with one attached hydrogen (secondary N) is 1. The van der Waals surface area contributed by atoms with Crippen LogP contribution in [-0.2, 0) is 4.79 Å². The van der Waals surface area contributed by atoms with E-state index >= 15 is 0 Å². The maximum Gasteiger partial charge on any atom is 0.231 e. The molecule has 0 aromatic heterocycles. The maximum absolute atomic E-state index is 10.2. The van der Waals surface area contributed by atoms with Gasteiger partial charge in [-0.25, -0.2) is 0 Å². The quantitative estimate of drug-likeness (QED) is 0.369. The van der Waals surface area contributed by atoms with E-state index < -0.39 is 11.5 Å². The van der Waals surface area contributed by atoms with Crippen LogP contribution >= 0.6 is 0 Å². The Labute approximate surface area is 65.2 Å². The van der Waals surface area contributed by atoms with E-state index in [1.807, 2.05) is 0 Å². The molecular weight excluding hydrogens is 148 g/mol. The summed E-state index contributed by atoms with van der Waals surface area (Å²) in [7, 11) is 0. The summed E-state index contributed by atoms with van der Waals surface area (Å²) in [6.45, 7) is 1.27. The summed E-state index contributed by atoms with van der Waals surface area (Å²) in [5.41, 5.74) is 3.63. The molecule has 0 saturated heterocycles. The molecule has 0 heterocycles. The van der Waals surface area contributed by atoms with Gasteiger partial charge in [0.15, 0.2) is 0 Å². The van der Waals surface area contributed by atoms with Gasteiger partial charge in [-0.2, -0.15) is 0 Å². The third-order valence-corrected chi connectivity index (χ3v) is 1.15. The van der Waals surface area contributed by atoms with Crippen molar-refractivity contribution in [2.24, 2.45) is 5.73 Å². The Morgan fingerprint density at radius 1 is 1.73 bits per heavy atom. The van der Waals surface area contributed by atoms with Gasteiger partial charge in [-0.05, 0) is 6.92 Å². The SMILES string of the molecule is CC(O)(CO)CNCC(N)=O. The molecule has 66 valence electrons. The molecule has 0 aromatic carbocycles. The fourth-order valence-electron chi connectivity index (χ4n) is 0.511. The number of carbonyl (C=O) groups excluding carboxylic acids is 1. The first kappa shape index (κ1) is 10.3. The van der Waals surface area contributed by atoms with Gasteiger partial charge in [-0.1, -0.05) is 0 Å². The highest BCUT2D eigenvalue weighted by atomic mass is 16.3. The Bertz CT molecular complexity index is 136. The van der Waals surface area contributed by atoms with Crippen molar-refractivity contribution < 1.29 is 15.0 Å². The monoisotopic (exact) mass is 162 g/mol. The Morgan fingerprint density at radius 3 is 2.64 bits per heavy atom. The van der Waals surface area contributed by atoms with E-state index in [0.29, 0.717) is 0 Å². The van der Waals surface area contributed by atoms with Gasteiger partial charge in [0.05, 0.1) is 18.8 Å². The summed E-state index contributed by atoms with van der Waals surface area (Å²) in [4.78, 5) is 10.2. The molecular formula is C6H14N2O3. The largest absolute Gasteiger partial charge is 0.393 e. The minimum absolute atomic E-state index is 0.0101. The summed E-state index contributed by atoms with van der Waals surface area (Å²) in [6, 6.07) is 0. The van der Waals surface area contributed by atoms with E-state index in [9.17, 15) is 9.90 Å². The third-order valence-electron chi connectivity index (χ3n) is 1.15.